The summed E-state index contributed by atoms with van der Waals surface area (Å²) in [6, 6.07) is 8.25. The van der Waals surface area contributed by atoms with Gasteiger partial charge in [-0.25, -0.2) is 0 Å². The average molecular weight is 308 g/mol. The van der Waals surface area contributed by atoms with E-state index in [0.717, 1.165) is 17.5 Å². The van der Waals surface area contributed by atoms with Gasteiger partial charge in [0.05, 0.1) is 0 Å². The van der Waals surface area contributed by atoms with Gasteiger partial charge in [0.2, 0.25) is 0 Å². The lowest BCUT2D eigenvalue weighted by molar-refractivity contribution is 0.107. The van der Waals surface area contributed by atoms with Crippen molar-refractivity contribution in [2.75, 3.05) is 45.8 Å². The van der Waals surface area contributed by atoms with Gasteiger partial charge in [-0.05, 0) is 49.5 Å². The Morgan fingerprint density at radius 2 is 1.76 bits per heavy atom. The molecule has 0 amide bonds. The van der Waals surface area contributed by atoms with E-state index in [0.29, 0.717) is 0 Å². The third kappa shape index (κ3) is 4.68. The van der Waals surface area contributed by atoms with Gasteiger partial charge in [-0.2, -0.15) is 0 Å². The van der Waals surface area contributed by atoms with E-state index in [1.807, 2.05) is 12.1 Å². The molecule has 2 fully saturated rings. The van der Waals surface area contributed by atoms with Crippen LogP contribution in [0.3, 0.4) is 0 Å². The molecule has 3 rings (SSSR count). The minimum absolute atomic E-state index is 0.844. The molecule has 0 bridgehead atoms. The first kappa shape index (κ1) is 15.3. The molecule has 4 heteroatoms. The van der Waals surface area contributed by atoms with Crippen LogP contribution in [0.5, 0.6) is 0 Å². The van der Waals surface area contributed by atoms with E-state index in [2.05, 4.69) is 27.2 Å². The molecular formula is C17H26ClN3. The van der Waals surface area contributed by atoms with Gasteiger partial charge < -0.3 is 10.2 Å². The van der Waals surface area contributed by atoms with Gasteiger partial charge in [0, 0.05) is 44.3 Å². The Kier molecular flexibility index (Phi) is 5.53. The van der Waals surface area contributed by atoms with Crippen LogP contribution in [0.4, 0.5) is 0 Å². The summed E-state index contributed by atoms with van der Waals surface area (Å²) >= 11 is 6.06. The number of rotatable bonds is 4. The molecule has 0 unspecified atom stereocenters. The van der Waals surface area contributed by atoms with Gasteiger partial charge in [-0.3, -0.25) is 4.90 Å². The van der Waals surface area contributed by atoms with Crippen LogP contribution in [-0.4, -0.2) is 55.6 Å². The number of nitrogens with one attached hydrogen (secondary N) is 1. The van der Waals surface area contributed by atoms with Crippen molar-refractivity contribution in [3.63, 3.8) is 0 Å². The molecular weight excluding hydrogens is 282 g/mol. The summed E-state index contributed by atoms with van der Waals surface area (Å²) in [5.74, 6) is 0.908. The first-order chi connectivity index (χ1) is 10.3. The third-order valence-electron chi connectivity index (χ3n) is 4.74. The molecule has 21 heavy (non-hydrogen) atoms. The Labute approximate surface area is 133 Å². The topological polar surface area (TPSA) is 18.5 Å². The van der Waals surface area contributed by atoms with Crippen LogP contribution < -0.4 is 5.32 Å². The largest absolute Gasteiger partial charge is 0.317 e. The fraction of sp³-hybridized carbons (Fsp3) is 0.647. The summed E-state index contributed by atoms with van der Waals surface area (Å²) in [5, 5.41) is 4.30. The van der Waals surface area contributed by atoms with Crippen LogP contribution in [0.2, 0.25) is 5.02 Å². The Bertz CT molecular complexity index is 437. The van der Waals surface area contributed by atoms with E-state index in [1.54, 1.807) is 0 Å². The fourth-order valence-electron chi connectivity index (χ4n) is 3.45. The Hall–Kier alpha value is -0.610. The van der Waals surface area contributed by atoms with Gasteiger partial charge in [0.15, 0.2) is 0 Å². The normalized spacial score (nSPS) is 22.5. The standard InChI is InChI=1S/C17H26ClN3/c18-17-3-1-2-16(12-17)14-21-10-8-20(9-11-21)13-15-4-6-19-7-5-15/h1-3,12,15,19H,4-11,13-14H2. The highest BCUT2D eigenvalue weighted by molar-refractivity contribution is 6.30. The number of benzene rings is 1. The van der Waals surface area contributed by atoms with Crippen molar-refractivity contribution in [3.8, 4) is 0 Å². The van der Waals surface area contributed by atoms with Crippen molar-refractivity contribution in [1.29, 1.82) is 0 Å². The zero-order valence-electron chi connectivity index (χ0n) is 12.7. The van der Waals surface area contributed by atoms with Crippen LogP contribution in [0.1, 0.15) is 18.4 Å². The van der Waals surface area contributed by atoms with E-state index in [4.69, 9.17) is 11.6 Å². The summed E-state index contributed by atoms with van der Waals surface area (Å²) in [4.78, 5) is 5.20. The highest BCUT2D eigenvalue weighted by Crippen LogP contribution is 2.17. The fourth-order valence-corrected chi connectivity index (χ4v) is 3.67. The molecule has 2 saturated heterocycles. The number of halogens is 1. The summed E-state index contributed by atoms with van der Waals surface area (Å²) < 4.78 is 0. The molecule has 2 aliphatic rings. The van der Waals surface area contributed by atoms with E-state index in [9.17, 15) is 0 Å². The lowest BCUT2D eigenvalue weighted by Gasteiger charge is -2.37. The second-order valence-electron chi connectivity index (χ2n) is 6.40. The van der Waals surface area contributed by atoms with E-state index < -0.39 is 0 Å². The van der Waals surface area contributed by atoms with Crippen molar-refractivity contribution >= 4 is 11.6 Å². The van der Waals surface area contributed by atoms with E-state index in [-0.39, 0.29) is 0 Å². The quantitative estimate of drug-likeness (QED) is 0.922. The zero-order valence-corrected chi connectivity index (χ0v) is 13.5. The second kappa shape index (κ2) is 7.59. The summed E-state index contributed by atoms with van der Waals surface area (Å²) in [5.41, 5.74) is 1.33. The van der Waals surface area contributed by atoms with Gasteiger partial charge in [0.25, 0.3) is 0 Å². The minimum atomic E-state index is 0.844. The van der Waals surface area contributed by atoms with Gasteiger partial charge in [-0.15, -0.1) is 0 Å². The van der Waals surface area contributed by atoms with Crippen LogP contribution >= 0.6 is 11.6 Å². The van der Waals surface area contributed by atoms with Gasteiger partial charge in [-0.1, -0.05) is 23.7 Å². The molecule has 1 N–H and O–H groups in total. The molecule has 3 nitrogen and oxygen atoms in total. The first-order valence-electron chi connectivity index (χ1n) is 8.19. The van der Waals surface area contributed by atoms with Crippen molar-refractivity contribution in [2.24, 2.45) is 5.92 Å². The molecule has 116 valence electrons. The molecule has 0 aromatic heterocycles. The predicted octanol–water partition coefficient (Wildman–Crippen LogP) is 2.46. The maximum atomic E-state index is 6.06. The Morgan fingerprint density at radius 3 is 2.48 bits per heavy atom. The molecule has 0 spiro atoms. The molecule has 0 aliphatic carbocycles. The Balaban J connectivity index is 1.42. The maximum Gasteiger partial charge on any atom is 0.0409 e. The lowest BCUT2D eigenvalue weighted by Crippen LogP contribution is -2.48. The number of hydrogen-bond acceptors (Lipinski definition) is 3. The number of nitrogens with zero attached hydrogens (tertiary/aromatic N) is 2. The smallest absolute Gasteiger partial charge is 0.0409 e. The Morgan fingerprint density at radius 1 is 1.05 bits per heavy atom. The number of hydrogen-bond donors (Lipinski definition) is 1. The summed E-state index contributed by atoms with van der Waals surface area (Å²) in [6.07, 6.45) is 2.70. The first-order valence-corrected chi connectivity index (χ1v) is 8.57. The predicted molar refractivity (Wildman–Crippen MR) is 88.8 cm³/mol. The average Bonchev–Trinajstić information content (AvgIpc) is 2.50. The highest BCUT2D eigenvalue weighted by Gasteiger charge is 2.21. The maximum absolute atomic E-state index is 6.06. The molecule has 0 atom stereocenters. The molecule has 1 aromatic carbocycles. The van der Waals surface area contributed by atoms with Crippen LogP contribution in [0.25, 0.3) is 0 Å². The van der Waals surface area contributed by atoms with Crippen molar-refractivity contribution in [3.05, 3.63) is 34.9 Å². The minimum Gasteiger partial charge on any atom is -0.317 e. The van der Waals surface area contributed by atoms with Gasteiger partial charge >= 0.3 is 0 Å². The van der Waals surface area contributed by atoms with Crippen LogP contribution in [-0.2, 0) is 6.54 Å². The second-order valence-corrected chi connectivity index (χ2v) is 6.84. The number of piperazine rings is 1. The van der Waals surface area contributed by atoms with E-state index >= 15 is 0 Å². The zero-order chi connectivity index (χ0) is 14.5. The molecule has 0 saturated carbocycles. The lowest BCUT2D eigenvalue weighted by atomic mass is 9.97. The molecule has 2 aliphatic heterocycles. The molecule has 2 heterocycles. The van der Waals surface area contributed by atoms with E-state index in [1.165, 1.54) is 64.2 Å². The molecule has 1 aromatic rings. The van der Waals surface area contributed by atoms with Crippen LogP contribution in [0.15, 0.2) is 24.3 Å². The number of piperidine rings is 1. The third-order valence-corrected chi connectivity index (χ3v) is 4.97. The molecule has 0 radical (unpaired) electrons. The van der Waals surface area contributed by atoms with Gasteiger partial charge in [0.1, 0.15) is 0 Å². The SMILES string of the molecule is Clc1cccc(CN2CCN(CC3CCNCC3)CC2)c1. The summed E-state index contributed by atoms with van der Waals surface area (Å²) in [7, 11) is 0. The summed E-state index contributed by atoms with van der Waals surface area (Å²) in [6.45, 7) is 9.52. The van der Waals surface area contributed by atoms with Crippen molar-refractivity contribution < 1.29 is 0 Å². The van der Waals surface area contributed by atoms with Crippen LogP contribution in [0, 0.1) is 5.92 Å². The monoisotopic (exact) mass is 307 g/mol. The van der Waals surface area contributed by atoms with Crippen molar-refractivity contribution in [2.45, 2.75) is 19.4 Å². The van der Waals surface area contributed by atoms with Crippen molar-refractivity contribution in [1.82, 2.24) is 15.1 Å². The highest BCUT2D eigenvalue weighted by atomic mass is 35.5.